The molecule has 0 aliphatic rings. The molecule has 0 bridgehead atoms. The Balaban J connectivity index is 1.77. The highest BCUT2D eigenvalue weighted by Gasteiger charge is 2.14. The maximum absolute atomic E-state index is 12.3. The standard InChI is InChI=1S/C19H18Cl2N4O2S/c1-4-14(11-5-6-12(20)13(21)7-11)24-25-16(26)8-15-22-18(27)17-9(2)10(3)28-19(17)23-15/h5-7H,4,8H2,1-3H3,(H,25,26)(H,22,23,27)/b24-14+. The number of nitrogens with one attached hydrogen (secondary N) is 2. The van der Waals surface area contributed by atoms with Crippen LogP contribution in [0.2, 0.25) is 10.0 Å². The molecule has 0 radical (unpaired) electrons. The molecule has 9 heteroatoms. The summed E-state index contributed by atoms with van der Waals surface area (Å²) in [7, 11) is 0. The first-order valence-corrected chi connectivity index (χ1v) is 10.2. The van der Waals surface area contributed by atoms with Crippen molar-refractivity contribution in [2.75, 3.05) is 0 Å². The third kappa shape index (κ3) is 4.27. The quantitative estimate of drug-likeness (QED) is 0.459. The van der Waals surface area contributed by atoms with Gasteiger partial charge in [-0.25, -0.2) is 10.4 Å². The molecule has 146 valence electrons. The normalized spacial score (nSPS) is 11.8. The summed E-state index contributed by atoms with van der Waals surface area (Å²) in [5.74, 6) is -0.0717. The number of fused-ring (bicyclic) bond motifs is 1. The predicted octanol–water partition coefficient (Wildman–Crippen LogP) is 4.38. The van der Waals surface area contributed by atoms with E-state index in [9.17, 15) is 9.59 Å². The lowest BCUT2D eigenvalue weighted by Crippen LogP contribution is -2.24. The fourth-order valence-corrected chi connectivity index (χ4v) is 4.07. The van der Waals surface area contributed by atoms with Crippen molar-refractivity contribution in [2.45, 2.75) is 33.6 Å². The predicted molar refractivity (Wildman–Crippen MR) is 115 cm³/mol. The molecule has 6 nitrogen and oxygen atoms in total. The summed E-state index contributed by atoms with van der Waals surface area (Å²) in [6.07, 6.45) is 0.510. The van der Waals surface area contributed by atoms with Crippen LogP contribution in [0.1, 0.15) is 35.2 Å². The van der Waals surface area contributed by atoms with E-state index in [1.54, 1.807) is 18.2 Å². The van der Waals surface area contributed by atoms with Gasteiger partial charge in [0.05, 0.1) is 27.6 Å². The number of aryl methyl sites for hydroxylation is 2. The number of hydrogen-bond acceptors (Lipinski definition) is 5. The van der Waals surface area contributed by atoms with Gasteiger partial charge in [0.2, 0.25) is 5.91 Å². The molecule has 0 saturated heterocycles. The summed E-state index contributed by atoms with van der Waals surface area (Å²) < 4.78 is 0. The Morgan fingerprint density at radius 2 is 2.04 bits per heavy atom. The van der Waals surface area contributed by atoms with Crippen molar-refractivity contribution in [1.29, 1.82) is 0 Å². The Morgan fingerprint density at radius 3 is 2.71 bits per heavy atom. The average Bonchev–Trinajstić information content (AvgIpc) is 2.92. The summed E-state index contributed by atoms with van der Waals surface area (Å²) in [6.45, 7) is 5.75. The number of amides is 1. The molecule has 0 aliphatic carbocycles. The number of rotatable bonds is 5. The first-order valence-electron chi connectivity index (χ1n) is 8.59. The van der Waals surface area contributed by atoms with E-state index < -0.39 is 0 Å². The Labute approximate surface area is 175 Å². The molecule has 0 fully saturated rings. The van der Waals surface area contributed by atoms with Crippen LogP contribution in [0.15, 0.2) is 28.1 Å². The molecule has 0 atom stereocenters. The van der Waals surface area contributed by atoms with Crippen molar-refractivity contribution in [3.63, 3.8) is 0 Å². The maximum Gasteiger partial charge on any atom is 0.259 e. The highest BCUT2D eigenvalue weighted by Crippen LogP contribution is 2.26. The zero-order valence-electron chi connectivity index (χ0n) is 15.5. The molecule has 2 heterocycles. The zero-order valence-corrected chi connectivity index (χ0v) is 17.8. The summed E-state index contributed by atoms with van der Waals surface area (Å²) in [6, 6.07) is 5.17. The van der Waals surface area contributed by atoms with Crippen LogP contribution in [-0.4, -0.2) is 21.6 Å². The van der Waals surface area contributed by atoms with E-state index >= 15 is 0 Å². The van der Waals surface area contributed by atoms with Gasteiger partial charge < -0.3 is 4.98 Å². The van der Waals surface area contributed by atoms with Crippen LogP contribution in [-0.2, 0) is 11.2 Å². The van der Waals surface area contributed by atoms with E-state index in [1.165, 1.54) is 11.3 Å². The third-order valence-corrected chi connectivity index (χ3v) is 6.16. The van der Waals surface area contributed by atoms with Crippen molar-refractivity contribution in [3.05, 3.63) is 60.4 Å². The van der Waals surface area contributed by atoms with Gasteiger partial charge in [-0.1, -0.05) is 36.2 Å². The van der Waals surface area contributed by atoms with E-state index in [0.29, 0.717) is 38.2 Å². The fraction of sp³-hybridized carbons (Fsp3) is 0.263. The number of thiophene rings is 1. The molecule has 1 aromatic carbocycles. The van der Waals surface area contributed by atoms with E-state index in [0.717, 1.165) is 16.0 Å². The van der Waals surface area contributed by atoms with E-state index in [-0.39, 0.29) is 17.9 Å². The van der Waals surface area contributed by atoms with Crippen molar-refractivity contribution < 1.29 is 4.79 Å². The zero-order chi connectivity index (χ0) is 20.4. The maximum atomic E-state index is 12.3. The van der Waals surface area contributed by atoms with Gasteiger partial charge in [0.15, 0.2) is 0 Å². The molecular formula is C19H18Cl2N4O2S. The molecule has 0 saturated carbocycles. The summed E-state index contributed by atoms with van der Waals surface area (Å²) >= 11 is 13.4. The number of carbonyl (C=O) groups is 1. The smallest absolute Gasteiger partial charge is 0.259 e. The summed E-state index contributed by atoms with van der Waals surface area (Å²) in [5, 5.41) is 5.63. The molecule has 2 aromatic heterocycles. The van der Waals surface area contributed by atoms with Gasteiger partial charge in [-0.2, -0.15) is 5.10 Å². The first-order chi connectivity index (χ1) is 13.3. The molecule has 0 aliphatic heterocycles. The molecule has 1 amide bonds. The molecule has 2 N–H and O–H groups in total. The largest absolute Gasteiger partial charge is 0.309 e. The lowest BCUT2D eigenvalue weighted by molar-refractivity contribution is -0.120. The van der Waals surface area contributed by atoms with Gasteiger partial charge in [-0.3, -0.25) is 9.59 Å². The molecule has 0 unspecified atom stereocenters. The number of H-pyrrole nitrogens is 1. The van der Waals surface area contributed by atoms with Gasteiger partial charge in [0.1, 0.15) is 10.7 Å². The van der Waals surface area contributed by atoms with Crippen molar-refractivity contribution in [1.82, 2.24) is 15.4 Å². The molecule has 0 spiro atoms. The SMILES string of the molecule is CC/C(=N\NC(=O)Cc1nc2sc(C)c(C)c2c(=O)[nH]1)c1ccc(Cl)c(Cl)c1. The second-order valence-electron chi connectivity index (χ2n) is 6.23. The lowest BCUT2D eigenvalue weighted by atomic mass is 10.1. The van der Waals surface area contributed by atoms with E-state index in [2.05, 4.69) is 20.5 Å². The van der Waals surface area contributed by atoms with Gasteiger partial charge in [0, 0.05) is 4.88 Å². The van der Waals surface area contributed by atoms with Gasteiger partial charge in [-0.05, 0) is 43.5 Å². The summed E-state index contributed by atoms with van der Waals surface area (Å²) in [5.41, 5.74) is 4.63. The minimum atomic E-state index is -0.376. The number of aromatic amines is 1. The molecule has 28 heavy (non-hydrogen) atoms. The lowest BCUT2D eigenvalue weighted by Gasteiger charge is -2.06. The van der Waals surface area contributed by atoms with Gasteiger partial charge in [0.25, 0.3) is 5.56 Å². The van der Waals surface area contributed by atoms with E-state index in [1.807, 2.05) is 20.8 Å². The monoisotopic (exact) mass is 436 g/mol. The second kappa shape index (κ2) is 8.43. The molecule has 3 aromatic rings. The number of benzene rings is 1. The summed E-state index contributed by atoms with van der Waals surface area (Å²) in [4.78, 5) is 33.3. The highest BCUT2D eigenvalue weighted by molar-refractivity contribution is 7.18. The Hall–Kier alpha value is -2.22. The average molecular weight is 437 g/mol. The van der Waals surface area contributed by atoms with Crippen LogP contribution in [0.3, 0.4) is 0 Å². The van der Waals surface area contributed by atoms with Crippen LogP contribution in [0.25, 0.3) is 10.2 Å². The fourth-order valence-electron chi connectivity index (χ4n) is 2.73. The number of halogens is 2. The molecular weight excluding hydrogens is 419 g/mol. The Morgan fingerprint density at radius 1 is 1.29 bits per heavy atom. The van der Waals surface area contributed by atoms with Crippen molar-refractivity contribution in [2.24, 2.45) is 5.10 Å². The number of hydrazone groups is 1. The van der Waals surface area contributed by atoms with Crippen LogP contribution in [0.5, 0.6) is 0 Å². The topological polar surface area (TPSA) is 87.2 Å². The Kier molecular flexibility index (Phi) is 6.17. The van der Waals surface area contributed by atoms with Crippen LogP contribution < -0.4 is 11.0 Å². The van der Waals surface area contributed by atoms with Crippen LogP contribution >= 0.6 is 34.5 Å². The third-order valence-electron chi connectivity index (χ3n) is 4.32. The number of nitrogens with zero attached hydrogens (tertiary/aromatic N) is 2. The number of aromatic nitrogens is 2. The second-order valence-corrected chi connectivity index (χ2v) is 8.25. The Bertz CT molecular complexity index is 1150. The number of carbonyl (C=O) groups excluding carboxylic acids is 1. The highest BCUT2D eigenvalue weighted by atomic mass is 35.5. The first kappa shape index (κ1) is 20.5. The van der Waals surface area contributed by atoms with Gasteiger partial charge in [-0.15, -0.1) is 11.3 Å². The van der Waals surface area contributed by atoms with Crippen LogP contribution in [0.4, 0.5) is 0 Å². The van der Waals surface area contributed by atoms with Crippen molar-refractivity contribution in [3.8, 4) is 0 Å². The van der Waals surface area contributed by atoms with Crippen molar-refractivity contribution >= 4 is 56.4 Å². The number of hydrogen-bond donors (Lipinski definition) is 2. The molecule has 3 rings (SSSR count). The van der Waals surface area contributed by atoms with Gasteiger partial charge >= 0.3 is 0 Å². The van der Waals surface area contributed by atoms with Crippen LogP contribution in [0, 0.1) is 13.8 Å². The minimum absolute atomic E-state index is 0.0803. The van der Waals surface area contributed by atoms with E-state index in [4.69, 9.17) is 23.2 Å². The minimum Gasteiger partial charge on any atom is -0.309 e.